The molecule has 0 N–H and O–H groups in total. The van der Waals surface area contributed by atoms with Crippen LogP contribution < -0.4 is 14.4 Å². The van der Waals surface area contributed by atoms with Crippen LogP contribution in [0.4, 0.5) is 17.1 Å². The van der Waals surface area contributed by atoms with Gasteiger partial charge >= 0.3 is 0 Å². The third kappa shape index (κ3) is 3.66. The van der Waals surface area contributed by atoms with Gasteiger partial charge in [-0.05, 0) is 66.2 Å². The van der Waals surface area contributed by atoms with Crippen molar-refractivity contribution >= 4 is 23.1 Å². The molecule has 0 fully saturated rings. The Balaban J connectivity index is 2.06. The van der Waals surface area contributed by atoms with Crippen molar-refractivity contribution in [3.05, 3.63) is 84.9 Å². The van der Waals surface area contributed by atoms with E-state index >= 15 is 0 Å². The second-order valence-electron chi connectivity index (χ2n) is 5.53. The van der Waals surface area contributed by atoms with Gasteiger partial charge in [0.05, 0.1) is 14.2 Å². The van der Waals surface area contributed by atoms with E-state index in [1.54, 1.807) is 14.2 Å². The van der Waals surface area contributed by atoms with Crippen molar-refractivity contribution in [1.29, 1.82) is 0 Å². The first-order valence-corrected chi connectivity index (χ1v) is 8.06. The van der Waals surface area contributed by atoms with Gasteiger partial charge in [0.1, 0.15) is 11.5 Å². The third-order valence-corrected chi connectivity index (χ3v) is 4.05. The van der Waals surface area contributed by atoms with Crippen molar-refractivity contribution in [1.82, 2.24) is 0 Å². The first-order chi connectivity index (χ1) is 12.2. The minimum atomic E-state index is 0.834. The Hall–Kier alpha value is -3.20. The van der Waals surface area contributed by atoms with Crippen molar-refractivity contribution in [2.45, 2.75) is 0 Å². The molecule has 0 radical (unpaired) electrons. The van der Waals surface area contributed by atoms with Gasteiger partial charge in [0.15, 0.2) is 0 Å². The van der Waals surface area contributed by atoms with Crippen molar-refractivity contribution in [3.8, 4) is 11.5 Å². The Bertz CT molecular complexity index is 774. The summed E-state index contributed by atoms with van der Waals surface area (Å²) in [5, 5.41) is 0. The fourth-order valence-electron chi connectivity index (χ4n) is 2.67. The summed E-state index contributed by atoms with van der Waals surface area (Å²) < 4.78 is 10.5. The Kier molecular flexibility index (Phi) is 5.05. The smallest absolute Gasteiger partial charge is 0.119 e. The van der Waals surface area contributed by atoms with Gasteiger partial charge in [-0.25, -0.2) is 0 Å². The number of anilines is 3. The van der Waals surface area contributed by atoms with Crippen LogP contribution in [0.2, 0.25) is 0 Å². The van der Waals surface area contributed by atoms with Crippen LogP contribution in [0, 0.1) is 0 Å². The number of hydrogen-bond donors (Lipinski definition) is 0. The van der Waals surface area contributed by atoms with Gasteiger partial charge in [-0.3, -0.25) is 0 Å². The van der Waals surface area contributed by atoms with Crippen LogP contribution in [0.25, 0.3) is 6.08 Å². The van der Waals surface area contributed by atoms with Crippen LogP contribution in [0.3, 0.4) is 0 Å². The molecule has 126 valence electrons. The maximum absolute atomic E-state index is 5.27. The fourth-order valence-corrected chi connectivity index (χ4v) is 2.67. The van der Waals surface area contributed by atoms with E-state index in [2.05, 4.69) is 35.7 Å². The van der Waals surface area contributed by atoms with Crippen LogP contribution in [-0.2, 0) is 0 Å². The maximum Gasteiger partial charge on any atom is 0.119 e. The van der Waals surface area contributed by atoms with Crippen molar-refractivity contribution in [3.63, 3.8) is 0 Å². The van der Waals surface area contributed by atoms with Gasteiger partial charge < -0.3 is 14.4 Å². The zero-order valence-electron chi connectivity index (χ0n) is 14.5. The molecule has 3 aromatic rings. The molecule has 0 heterocycles. The second-order valence-corrected chi connectivity index (χ2v) is 5.53. The predicted octanol–water partition coefficient (Wildman–Crippen LogP) is 5.82. The lowest BCUT2D eigenvalue weighted by molar-refractivity contribution is 0.415. The zero-order valence-corrected chi connectivity index (χ0v) is 14.5. The molecule has 0 aliphatic carbocycles. The highest BCUT2D eigenvalue weighted by Gasteiger charge is 2.12. The second kappa shape index (κ2) is 7.58. The Morgan fingerprint density at radius 3 is 1.32 bits per heavy atom. The highest BCUT2D eigenvalue weighted by atomic mass is 16.5. The number of rotatable bonds is 6. The molecule has 0 unspecified atom stereocenters. The first kappa shape index (κ1) is 16.7. The molecule has 0 amide bonds. The summed E-state index contributed by atoms with van der Waals surface area (Å²) in [5.41, 5.74) is 4.27. The third-order valence-electron chi connectivity index (χ3n) is 4.05. The van der Waals surface area contributed by atoms with E-state index in [-0.39, 0.29) is 0 Å². The number of hydrogen-bond acceptors (Lipinski definition) is 3. The molecule has 0 bridgehead atoms. The van der Waals surface area contributed by atoms with E-state index < -0.39 is 0 Å². The zero-order chi connectivity index (χ0) is 17.6. The minimum Gasteiger partial charge on any atom is -0.497 e. The molecular weight excluding hydrogens is 310 g/mol. The summed E-state index contributed by atoms with van der Waals surface area (Å²) in [4.78, 5) is 2.19. The van der Waals surface area contributed by atoms with E-state index in [0.29, 0.717) is 0 Å². The average Bonchev–Trinajstić information content (AvgIpc) is 2.70. The quantitative estimate of drug-likeness (QED) is 0.568. The van der Waals surface area contributed by atoms with E-state index in [1.165, 1.54) is 0 Å². The number of nitrogens with zero attached hydrogens (tertiary/aromatic N) is 1. The van der Waals surface area contributed by atoms with Gasteiger partial charge in [0, 0.05) is 17.1 Å². The molecular formula is C22H21NO2. The van der Waals surface area contributed by atoms with E-state index in [4.69, 9.17) is 9.47 Å². The topological polar surface area (TPSA) is 21.7 Å². The van der Waals surface area contributed by atoms with Gasteiger partial charge in [-0.1, -0.05) is 24.8 Å². The molecule has 3 nitrogen and oxygen atoms in total. The molecule has 0 saturated carbocycles. The standard InChI is InChI=1S/C22H21NO2/c1-4-17-5-7-18(8-6-17)23(19-9-13-21(24-2)14-10-19)20-11-15-22(25-3)16-12-20/h4-16H,1H2,2-3H3. The van der Waals surface area contributed by atoms with Crippen LogP contribution in [0.5, 0.6) is 11.5 Å². The molecule has 0 atom stereocenters. The highest BCUT2D eigenvalue weighted by Crippen LogP contribution is 2.36. The lowest BCUT2D eigenvalue weighted by Crippen LogP contribution is -2.09. The number of methoxy groups -OCH3 is 2. The van der Waals surface area contributed by atoms with Gasteiger partial charge in [0.2, 0.25) is 0 Å². The lowest BCUT2D eigenvalue weighted by atomic mass is 10.1. The van der Waals surface area contributed by atoms with Gasteiger partial charge in [0.25, 0.3) is 0 Å². The summed E-state index contributed by atoms with van der Waals surface area (Å²) in [6.07, 6.45) is 1.84. The summed E-state index contributed by atoms with van der Waals surface area (Å²) in [7, 11) is 3.34. The van der Waals surface area contributed by atoms with Crippen LogP contribution in [0.15, 0.2) is 79.4 Å². The highest BCUT2D eigenvalue weighted by molar-refractivity contribution is 5.77. The Labute approximate surface area is 148 Å². The molecule has 0 aliphatic heterocycles. The monoisotopic (exact) mass is 331 g/mol. The van der Waals surface area contributed by atoms with E-state index in [1.807, 2.05) is 54.6 Å². The number of ether oxygens (including phenoxy) is 2. The lowest BCUT2D eigenvalue weighted by Gasteiger charge is -2.26. The van der Waals surface area contributed by atoms with Crippen molar-refractivity contribution < 1.29 is 9.47 Å². The Morgan fingerprint density at radius 2 is 1.00 bits per heavy atom. The van der Waals surface area contributed by atoms with Crippen LogP contribution in [0.1, 0.15) is 5.56 Å². The largest absolute Gasteiger partial charge is 0.497 e. The van der Waals surface area contributed by atoms with E-state index in [0.717, 1.165) is 34.1 Å². The first-order valence-electron chi connectivity index (χ1n) is 8.06. The summed E-state index contributed by atoms with van der Waals surface area (Å²) in [5.74, 6) is 1.67. The van der Waals surface area contributed by atoms with Gasteiger partial charge in [-0.15, -0.1) is 0 Å². The van der Waals surface area contributed by atoms with Crippen molar-refractivity contribution in [2.24, 2.45) is 0 Å². The van der Waals surface area contributed by atoms with Gasteiger partial charge in [-0.2, -0.15) is 0 Å². The van der Waals surface area contributed by atoms with Crippen LogP contribution in [-0.4, -0.2) is 14.2 Å². The fraction of sp³-hybridized carbons (Fsp3) is 0.0909. The van der Waals surface area contributed by atoms with E-state index in [9.17, 15) is 0 Å². The van der Waals surface area contributed by atoms with Crippen molar-refractivity contribution in [2.75, 3.05) is 19.1 Å². The molecule has 3 aromatic carbocycles. The number of benzene rings is 3. The normalized spacial score (nSPS) is 10.2. The molecule has 0 aliphatic rings. The molecule has 3 heteroatoms. The van der Waals surface area contributed by atoms with Crippen LogP contribution >= 0.6 is 0 Å². The molecule has 3 rings (SSSR count). The summed E-state index contributed by atoms with van der Waals surface area (Å²) in [6, 6.07) is 24.3. The molecule has 0 aromatic heterocycles. The molecule has 0 spiro atoms. The maximum atomic E-state index is 5.27. The average molecular weight is 331 g/mol. The summed E-state index contributed by atoms with van der Waals surface area (Å²) >= 11 is 0. The SMILES string of the molecule is C=Cc1ccc(N(c2ccc(OC)cc2)c2ccc(OC)cc2)cc1. The molecule has 25 heavy (non-hydrogen) atoms. The predicted molar refractivity (Wildman–Crippen MR) is 104 cm³/mol. The molecule has 0 saturated heterocycles. The Morgan fingerprint density at radius 1 is 0.640 bits per heavy atom. The minimum absolute atomic E-state index is 0.834. The summed E-state index contributed by atoms with van der Waals surface area (Å²) in [6.45, 7) is 3.82.